The third kappa shape index (κ3) is 3.02. The minimum atomic E-state index is -0.309. The number of carbonyl (C=O) groups excluding carboxylic acids is 1. The first kappa shape index (κ1) is 12.1. The van der Waals surface area contributed by atoms with Crippen molar-refractivity contribution in [2.75, 3.05) is 0 Å². The van der Waals surface area contributed by atoms with Crippen LogP contribution in [-0.4, -0.2) is 22.4 Å². The molecule has 0 heterocycles. The van der Waals surface area contributed by atoms with Crippen LogP contribution in [0.1, 0.15) is 19.4 Å². The van der Waals surface area contributed by atoms with E-state index < -0.39 is 0 Å². The fourth-order valence-corrected chi connectivity index (χ4v) is 1.26. The van der Waals surface area contributed by atoms with Gasteiger partial charge in [-0.15, -0.1) is 0 Å². The summed E-state index contributed by atoms with van der Waals surface area (Å²) in [7, 11) is 0. The fourth-order valence-electron chi connectivity index (χ4n) is 1.26. The molecule has 0 unspecified atom stereocenters. The number of aliphatic imine (C=N–C) groups is 1. The minimum Gasteiger partial charge on any atom is -0.410 e. The summed E-state index contributed by atoms with van der Waals surface area (Å²) in [5.41, 5.74) is 2.25. The lowest BCUT2D eigenvalue weighted by molar-refractivity contribution is -0.111. The van der Waals surface area contributed by atoms with Crippen molar-refractivity contribution >= 4 is 22.9 Å². The molecule has 0 radical (unpaired) electrons. The number of rotatable bonds is 3. The molecule has 0 fully saturated rings. The van der Waals surface area contributed by atoms with Crippen molar-refractivity contribution in [3.05, 3.63) is 29.8 Å². The largest absolute Gasteiger partial charge is 0.410 e. The van der Waals surface area contributed by atoms with Gasteiger partial charge in [0.15, 0.2) is 11.5 Å². The first-order valence-corrected chi connectivity index (χ1v) is 4.90. The molecule has 1 rings (SSSR count). The number of aryl methyl sites for hydroxylation is 1. The fraction of sp³-hybridized carbons (Fsp3) is 0.250. The Morgan fingerprint density at radius 2 is 1.75 bits per heavy atom. The van der Waals surface area contributed by atoms with E-state index in [0.717, 1.165) is 11.3 Å². The molecule has 0 aliphatic heterocycles. The summed E-state index contributed by atoms with van der Waals surface area (Å²) < 4.78 is 0. The highest BCUT2D eigenvalue weighted by atomic mass is 16.4. The lowest BCUT2D eigenvalue weighted by atomic mass is 10.2. The van der Waals surface area contributed by atoms with Crippen molar-refractivity contribution in [2.24, 2.45) is 10.1 Å². The van der Waals surface area contributed by atoms with Crippen LogP contribution in [0.5, 0.6) is 0 Å². The number of ketones is 1. The first-order valence-electron chi connectivity index (χ1n) is 4.90. The van der Waals surface area contributed by atoms with E-state index in [1.54, 1.807) is 6.92 Å². The van der Waals surface area contributed by atoms with Crippen molar-refractivity contribution in [2.45, 2.75) is 20.8 Å². The molecule has 1 aromatic rings. The van der Waals surface area contributed by atoms with Crippen LogP contribution >= 0.6 is 0 Å². The smallest absolute Gasteiger partial charge is 0.183 e. The van der Waals surface area contributed by atoms with Gasteiger partial charge < -0.3 is 5.21 Å². The number of benzene rings is 1. The molecule has 0 bridgehead atoms. The van der Waals surface area contributed by atoms with Crippen LogP contribution in [0.3, 0.4) is 0 Å². The van der Waals surface area contributed by atoms with E-state index >= 15 is 0 Å². The maximum Gasteiger partial charge on any atom is 0.183 e. The summed E-state index contributed by atoms with van der Waals surface area (Å²) in [6.45, 7) is 4.95. The Morgan fingerprint density at radius 3 is 2.19 bits per heavy atom. The van der Waals surface area contributed by atoms with Gasteiger partial charge in [0.2, 0.25) is 0 Å². The van der Waals surface area contributed by atoms with Gasteiger partial charge in [0, 0.05) is 6.92 Å². The lowest BCUT2D eigenvalue weighted by Gasteiger charge is -2.00. The Hall–Kier alpha value is -1.97. The van der Waals surface area contributed by atoms with E-state index in [1.807, 2.05) is 31.2 Å². The highest BCUT2D eigenvalue weighted by Gasteiger charge is 2.10. The first-order chi connectivity index (χ1) is 7.54. The van der Waals surface area contributed by atoms with E-state index in [-0.39, 0.29) is 11.5 Å². The molecule has 4 nitrogen and oxygen atoms in total. The van der Waals surface area contributed by atoms with Crippen LogP contribution in [0.2, 0.25) is 0 Å². The normalized spacial score (nSPS) is 12.7. The maximum absolute atomic E-state index is 11.1. The Labute approximate surface area is 94.3 Å². The van der Waals surface area contributed by atoms with Crippen molar-refractivity contribution in [1.82, 2.24) is 0 Å². The van der Waals surface area contributed by atoms with Gasteiger partial charge in [-0.3, -0.25) is 9.79 Å². The molecule has 1 aromatic carbocycles. The quantitative estimate of drug-likeness (QED) is 0.481. The van der Waals surface area contributed by atoms with Gasteiger partial charge in [-0.2, -0.15) is 0 Å². The molecular formula is C12H14N2O2. The van der Waals surface area contributed by atoms with E-state index in [0.29, 0.717) is 5.71 Å². The summed E-state index contributed by atoms with van der Waals surface area (Å²) in [4.78, 5) is 15.3. The molecule has 0 aromatic heterocycles. The monoisotopic (exact) mass is 218 g/mol. The highest BCUT2D eigenvalue weighted by molar-refractivity contribution is 6.66. The second-order valence-electron chi connectivity index (χ2n) is 3.54. The number of hydrogen-bond donors (Lipinski definition) is 1. The van der Waals surface area contributed by atoms with Gasteiger partial charge in [0.05, 0.1) is 11.4 Å². The zero-order valence-electron chi connectivity index (χ0n) is 9.56. The van der Waals surface area contributed by atoms with Crippen LogP contribution in [0.15, 0.2) is 34.4 Å². The number of oxime groups is 1. The molecule has 0 saturated heterocycles. The molecule has 0 atom stereocenters. The second kappa shape index (κ2) is 5.21. The number of nitrogens with zero attached hydrogens (tertiary/aromatic N) is 2. The number of Topliss-reactive ketones (excluding diaryl/α,β-unsaturated/α-hetero) is 1. The molecule has 0 spiro atoms. The van der Waals surface area contributed by atoms with Gasteiger partial charge in [-0.1, -0.05) is 22.9 Å². The number of carbonyl (C=O) groups is 1. The van der Waals surface area contributed by atoms with E-state index in [2.05, 4.69) is 10.1 Å². The molecular weight excluding hydrogens is 204 g/mol. The highest BCUT2D eigenvalue weighted by Crippen LogP contribution is 2.13. The SMILES string of the molecule is CC(=O)/C(=N/O)C(C)=Nc1ccc(C)cc1. The van der Waals surface area contributed by atoms with Gasteiger partial charge in [-0.05, 0) is 26.0 Å². The molecule has 4 heteroatoms. The third-order valence-electron chi connectivity index (χ3n) is 2.11. The lowest BCUT2D eigenvalue weighted by Crippen LogP contribution is -2.19. The summed E-state index contributed by atoms with van der Waals surface area (Å²) in [5, 5.41) is 11.6. The molecule has 0 amide bonds. The summed E-state index contributed by atoms with van der Waals surface area (Å²) in [5.74, 6) is -0.309. The average molecular weight is 218 g/mol. The molecule has 1 N–H and O–H groups in total. The summed E-state index contributed by atoms with van der Waals surface area (Å²) >= 11 is 0. The Bertz CT molecular complexity index is 445. The van der Waals surface area contributed by atoms with Crippen LogP contribution in [0, 0.1) is 6.92 Å². The van der Waals surface area contributed by atoms with Crippen LogP contribution in [-0.2, 0) is 4.79 Å². The molecule has 0 saturated carbocycles. The van der Waals surface area contributed by atoms with Crippen molar-refractivity contribution in [3.63, 3.8) is 0 Å². The van der Waals surface area contributed by atoms with Crippen LogP contribution in [0.25, 0.3) is 0 Å². The molecule has 16 heavy (non-hydrogen) atoms. The molecule has 84 valence electrons. The Balaban J connectivity index is 3.00. The summed E-state index contributed by atoms with van der Waals surface area (Å²) in [6.07, 6.45) is 0. The van der Waals surface area contributed by atoms with E-state index in [1.165, 1.54) is 6.92 Å². The summed E-state index contributed by atoms with van der Waals surface area (Å²) in [6, 6.07) is 7.53. The second-order valence-corrected chi connectivity index (χ2v) is 3.54. The third-order valence-corrected chi connectivity index (χ3v) is 2.11. The van der Waals surface area contributed by atoms with E-state index in [4.69, 9.17) is 5.21 Å². The molecule has 0 aliphatic rings. The van der Waals surface area contributed by atoms with Gasteiger partial charge >= 0.3 is 0 Å². The predicted molar refractivity (Wildman–Crippen MR) is 63.9 cm³/mol. The minimum absolute atomic E-state index is 0.0134. The topological polar surface area (TPSA) is 62.0 Å². The van der Waals surface area contributed by atoms with Gasteiger partial charge in [0.1, 0.15) is 0 Å². The van der Waals surface area contributed by atoms with Crippen molar-refractivity contribution < 1.29 is 10.0 Å². The van der Waals surface area contributed by atoms with Crippen LogP contribution in [0.4, 0.5) is 5.69 Å². The van der Waals surface area contributed by atoms with E-state index in [9.17, 15) is 4.79 Å². The number of hydrogen-bond acceptors (Lipinski definition) is 4. The average Bonchev–Trinajstić information content (AvgIpc) is 2.22. The van der Waals surface area contributed by atoms with Gasteiger partial charge in [-0.25, -0.2) is 0 Å². The maximum atomic E-state index is 11.1. The Kier molecular flexibility index (Phi) is 3.94. The predicted octanol–water partition coefficient (Wildman–Crippen LogP) is 2.51. The zero-order valence-corrected chi connectivity index (χ0v) is 9.56. The molecule has 0 aliphatic carbocycles. The standard InChI is InChI=1S/C12H14N2O2/c1-8-4-6-11(7-5-8)13-9(2)12(14-16)10(3)15/h4-7,16H,1-3H3/b13-9?,14-12+. The van der Waals surface area contributed by atoms with Crippen molar-refractivity contribution in [1.29, 1.82) is 0 Å². The van der Waals surface area contributed by atoms with Crippen molar-refractivity contribution in [3.8, 4) is 0 Å². The Morgan fingerprint density at radius 1 is 1.19 bits per heavy atom. The van der Waals surface area contributed by atoms with Gasteiger partial charge in [0.25, 0.3) is 0 Å². The van der Waals surface area contributed by atoms with Crippen LogP contribution < -0.4 is 0 Å². The zero-order chi connectivity index (χ0) is 12.1.